The maximum Gasteiger partial charge on any atom is 0.171 e. The Morgan fingerprint density at radius 2 is 1.94 bits per heavy atom. The van der Waals surface area contributed by atoms with Crippen LogP contribution in [-0.2, 0) is 0 Å². The molecule has 2 rings (SSSR count). The number of Topliss-reactive ketones (excluding diaryl/α,β-unsaturated/α-hetero) is 1. The number of methoxy groups -OCH3 is 1. The van der Waals surface area contributed by atoms with Gasteiger partial charge in [-0.15, -0.1) is 0 Å². The molecule has 0 radical (unpaired) electrons. The predicted molar refractivity (Wildman–Crippen MR) is 70.0 cm³/mol. The molecule has 0 amide bonds. The molecule has 1 unspecified atom stereocenters. The molecule has 0 aliphatic heterocycles. The molecule has 1 atom stereocenters. The Morgan fingerprint density at radius 3 is 2.61 bits per heavy atom. The molecule has 0 fully saturated rings. The minimum Gasteiger partial charge on any atom is -0.495 e. The number of hydrogen-bond acceptors (Lipinski definition) is 3. The van der Waals surface area contributed by atoms with Crippen molar-refractivity contribution in [1.82, 2.24) is 4.98 Å². The summed E-state index contributed by atoms with van der Waals surface area (Å²) in [7, 11) is 1.56. The van der Waals surface area contributed by atoms with Crippen molar-refractivity contribution in [2.24, 2.45) is 0 Å². The Bertz CT molecular complexity index is 537. The lowest BCUT2D eigenvalue weighted by Gasteiger charge is -2.11. The van der Waals surface area contributed by atoms with Gasteiger partial charge in [0, 0.05) is 17.7 Å². The molecule has 1 heterocycles. The first kappa shape index (κ1) is 12.3. The second-order valence-corrected chi connectivity index (χ2v) is 4.11. The van der Waals surface area contributed by atoms with Crippen molar-refractivity contribution in [1.29, 1.82) is 0 Å². The summed E-state index contributed by atoms with van der Waals surface area (Å²) < 4.78 is 5.08. The summed E-state index contributed by atoms with van der Waals surface area (Å²) in [4.78, 5) is 16.3. The van der Waals surface area contributed by atoms with Crippen LogP contribution in [0.4, 0.5) is 0 Å². The highest BCUT2D eigenvalue weighted by Gasteiger charge is 2.17. The van der Waals surface area contributed by atoms with Crippen molar-refractivity contribution in [3.8, 4) is 5.75 Å². The maximum absolute atomic E-state index is 12.3. The third-order valence-corrected chi connectivity index (χ3v) is 2.93. The molecule has 0 N–H and O–H groups in total. The molecule has 18 heavy (non-hydrogen) atoms. The van der Waals surface area contributed by atoms with Crippen molar-refractivity contribution < 1.29 is 9.53 Å². The first-order valence-corrected chi connectivity index (χ1v) is 5.80. The first-order valence-electron chi connectivity index (χ1n) is 5.80. The second-order valence-electron chi connectivity index (χ2n) is 4.11. The summed E-state index contributed by atoms with van der Waals surface area (Å²) in [6, 6.07) is 11.4. The molecule has 0 bridgehead atoms. The third kappa shape index (κ3) is 2.56. The van der Waals surface area contributed by atoms with Gasteiger partial charge >= 0.3 is 0 Å². The molecule has 0 saturated carbocycles. The van der Waals surface area contributed by atoms with Crippen LogP contribution < -0.4 is 4.74 Å². The zero-order chi connectivity index (χ0) is 13.0. The molecular formula is C15H15NO2. The maximum atomic E-state index is 12.3. The van der Waals surface area contributed by atoms with E-state index in [-0.39, 0.29) is 11.7 Å². The van der Waals surface area contributed by atoms with Crippen LogP contribution in [0.5, 0.6) is 5.75 Å². The molecule has 1 aromatic heterocycles. The zero-order valence-corrected chi connectivity index (χ0v) is 10.5. The van der Waals surface area contributed by atoms with Gasteiger partial charge in [0.05, 0.1) is 13.3 Å². The molecule has 0 saturated heterocycles. The number of ketones is 1. The number of hydrogen-bond donors (Lipinski definition) is 0. The number of rotatable bonds is 4. The SMILES string of the molecule is COc1cncc(C(=O)C(C)c2ccccc2)c1. The van der Waals surface area contributed by atoms with Crippen molar-refractivity contribution in [2.45, 2.75) is 12.8 Å². The van der Waals surface area contributed by atoms with Crippen LogP contribution in [0.15, 0.2) is 48.8 Å². The second kappa shape index (κ2) is 5.45. The molecule has 1 aromatic carbocycles. The number of ether oxygens (including phenoxy) is 1. The smallest absolute Gasteiger partial charge is 0.171 e. The normalized spacial score (nSPS) is 11.9. The average Bonchev–Trinajstić information content (AvgIpc) is 2.46. The molecule has 3 heteroatoms. The Hall–Kier alpha value is -2.16. The van der Waals surface area contributed by atoms with E-state index >= 15 is 0 Å². The fourth-order valence-corrected chi connectivity index (χ4v) is 1.81. The minimum absolute atomic E-state index is 0.0487. The number of nitrogens with zero attached hydrogens (tertiary/aromatic N) is 1. The van der Waals surface area contributed by atoms with Gasteiger partial charge in [-0.3, -0.25) is 9.78 Å². The Balaban J connectivity index is 2.25. The highest BCUT2D eigenvalue weighted by atomic mass is 16.5. The number of aromatic nitrogens is 1. The van der Waals surface area contributed by atoms with E-state index in [0.717, 1.165) is 5.56 Å². The van der Waals surface area contributed by atoms with Gasteiger partial charge < -0.3 is 4.74 Å². The van der Waals surface area contributed by atoms with Gasteiger partial charge in [0.1, 0.15) is 5.75 Å². The first-order chi connectivity index (χ1) is 8.72. The van der Waals surface area contributed by atoms with Crippen LogP contribution >= 0.6 is 0 Å². The number of pyridine rings is 1. The van der Waals surface area contributed by atoms with Gasteiger partial charge in [0.15, 0.2) is 5.78 Å². The predicted octanol–water partition coefficient (Wildman–Crippen LogP) is 3.08. The van der Waals surface area contributed by atoms with Crippen LogP contribution in [0.1, 0.15) is 28.8 Å². The molecule has 3 nitrogen and oxygen atoms in total. The lowest BCUT2D eigenvalue weighted by molar-refractivity contribution is 0.0965. The lowest BCUT2D eigenvalue weighted by Crippen LogP contribution is -2.10. The van der Waals surface area contributed by atoms with Gasteiger partial charge in [-0.2, -0.15) is 0 Å². The monoisotopic (exact) mass is 241 g/mol. The molecular weight excluding hydrogens is 226 g/mol. The van der Waals surface area contributed by atoms with E-state index in [1.54, 1.807) is 25.6 Å². The van der Waals surface area contributed by atoms with E-state index in [0.29, 0.717) is 11.3 Å². The largest absolute Gasteiger partial charge is 0.495 e. The number of carbonyl (C=O) groups excluding carboxylic acids is 1. The molecule has 92 valence electrons. The Kier molecular flexibility index (Phi) is 3.72. The summed E-state index contributed by atoms with van der Waals surface area (Å²) in [6.45, 7) is 1.90. The van der Waals surface area contributed by atoms with Gasteiger partial charge in [-0.05, 0) is 11.6 Å². The van der Waals surface area contributed by atoms with Crippen LogP contribution in [0, 0.1) is 0 Å². The Labute approximate surface area is 106 Å². The van der Waals surface area contributed by atoms with Crippen LogP contribution in [0.2, 0.25) is 0 Å². The van der Waals surface area contributed by atoms with Crippen molar-refractivity contribution in [2.75, 3.05) is 7.11 Å². The summed E-state index contributed by atoms with van der Waals surface area (Å²) in [5.74, 6) is 0.466. The molecule has 0 aliphatic carbocycles. The van der Waals surface area contributed by atoms with Crippen LogP contribution in [0.3, 0.4) is 0 Å². The van der Waals surface area contributed by atoms with Gasteiger partial charge in [0.2, 0.25) is 0 Å². The van der Waals surface area contributed by atoms with Gasteiger partial charge in [-0.1, -0.05) is 37.3 Å². The summed E-state index contributed by atoms with van der Waals surface area (Å²) in [5, 5.41) is 0. The molecule has 2 aromatic rings. The summed E-state index contributed by atoms with van der Waals surface area (Å²) in [5.41, 5.74) is 1.58. The molecule has 0 aliphatic rings. The Morgan fingerprint density at radius 1 is 1.22 bits per heavy atom. The van der Waals surface area contributed by atoms with Crippen molar-refractivity contribution in [3.63, 3.8) is 0 Å². The highest BCUT2D eigenvalue weighted by molar-refractivity contribution is 6.00. The topological polar surface area (TPSA) is 39.2 Å². The van der Waals surface area contributed by atoms with Crippen molar-refractivity contribution >= 4 is 5.78 Å². The van der Waals surface area contributed by atoms with Crippen LogP contribution in [-0.4, -0.2) is 17.9 Å². The summed E-state index contributed by atoms with van der Waals surface area (Å²) >= 11 is 0. The van der Waals surface area contributed by atoms with Crippen molar-refractivity contribution in [3.05, 3.63) is 59.9 Å². The highest BCUT2D eigenvalue weighted by Crippen LogP contribution is 2.21. The standard InChI is InChI=1S/C15H15NO2/c1-11(12-6-4-3-5-7-12)15(17)13-8-14(18-2)10-16-9-13/h3-11H,1-2H3. The average molecular weight is 241 g/mol. The third-order valence-electron chi connectivity index (χ3n) is 2.93. The number of benzene rings is 1. The van der Waals surface area contributed by atoms with E-state index in [9.17, 15) is 4.79 Å². The quantitative estimate of drug-likeness (QED) is 0.772. The van der Waals surface area contributed by atoms with Gasteiger partial charge in [-0.25, -0.2) is 0 Å². The zero-order valence-electron chi connectivity index (χ0n) is 10.5. The summed E-state index contributed by atoms with van der Waals surface area (Å²) in [6.07, 6.45) is 3.16. The van der Waals surface area contributed by atoms with E-state index in [4.69, 9.17) is 4.74 Å². The van der Waals surface area contributed by atoms with Gasteiger partial charge in [0.25, 0.3) is 0 Å². The lowest BCUT2D eigenvalue weighted by atomic mass is 9.93. The molecule has 0 spiro atoms. The van der Waals surface area contributed by atoms with E-state index in [2.05, 4.69) is 4.98 Å². The van der Waals surface area contributed by atoms with E-state index in [1.807, 2.05) is 37.3 Å². The fraction of sp³-hybridized carbons (Fsp3) is 0.200. The fourth-order valence-electron chi connectivity index (χ4n) is 1.81. The number of carbonyl (C=O) groups is 1. The minimum atomic E-state index is -0.180. The van der Waals surface area contributed by atoms with E-state index in [1.165, 1.54) is 0 Å². The van der Waals surface area contributed by atoms with E-state index < -0.39 is 0 Å². The van der Waals surface area contributed by atoms with Crippen LogP contribution in [0.25, 0.3) is 0 Å².